The van der Waals surface area contributed by atoms with E-state index in [2.05, 4.69) is 11.0 Å². The summed E-state index contributed by atoms with van der Waals surface area (Å²) in [5, 5.41) is 17.3. The van der Waals surface area contributed by atoms with Crippen LogP contribution in [0.3, 0.4) is 0 Å². The van der Waals surface area contributed by atoms with Crippen molar-refractivity contribution in [2.45, 2.75) is 26.9 Å². The summed E-state index contributed by atoms with van der Waals surface area (Å²) in [6, 6.07) is 4.03. The minimum Gasteiger partial charge on any atom is -0.316 e. The van der Waals surface area contributed by atoms with Gasteiger partial charge in [0.15, 0.2) is 0 Å². The Morgan fingerprint density at radius 1 is 1.00 bits per heavy atom. The first-order chi connectivity index (χ1) is 6.69. The molecule has 1 rings (SSSR count). The molecule has 0 amide bonds. The fraction of sp³-hybridized carbons (Fsp3) is 0.400. The van der Waals surface area contributed by atoms with Crippen molar-refractivity contribution in [3.05, 3.63) is 34.4 Å². The Balaban J connectivity index is 3.04. The molecule has 0 aliphatic heterocycles. The fourth-order valence-electron chi connectivity index (χ4n) is 1.55. The number of benzene rings is 1. The Morgan fingerprint density at radius 2 is 1.43 bits per heavy atom. The van der Waals surface area contributed by atoms with Crippen LogP contribution in [0.15, 0.2) is 12.1 Å². The molecule has 1 aromatic carbocycles. The summed E-state index contributed by atoms with van der Waals surface area (Å²) in [4.78, 5) is 0. The summed E-state index contributed by atoms with van der Waals surface area (Å²) in [6.07, 6.45) is 0. The molecule has 4 heteroatoms. The Bertz CT molecular complexity index is 286. The molecule has 0 saturated carbocycles. The monoisotopic (exact) mass is 196 g/mol. The van der Waals surface area contributed by atoms with E-state index in [0.29, 0.717) is 13.1 Å². The van der Waals surface area contributed by atoms with Crippen LogP contribution >= 0.6 is 0 Å². The van der Waals surface area contributed by atoms with Crippen molar-refractivity contribution < 1.29 is 10.4 Å². The molecule has 78 valence electrons. The van der Waals surface area contributed by atoms with E-state index in [1.165, 1.54) is 0 Å². The van der Waals surface area contributed by atoms with Gasteiger partial charge in [-0.15, -0.1) is 0 Å². The lowest BCUT2D eigenvalue weighted by Gasteiger charge is -2.11. The topological polar surface area (TPSA) is 64.5 Å². The minimum atomic E-state index is 0.423. The molecule has 1 aromatic rings. The van der Waals surface area contributed by atoms with Crippen molar-refractivity contribution in [3.63, 3.8) is 0 Å². The SMILES string of the molecule is Cc1cc(CNO)c(C)c(CNO)c1. The van der Waals surface area contributed by atoms with Crippen LogP contribution in [0.25, 0.3) is 0 Å². The van der Waals surface area contributed by atoms with Gasteiger partial charge in [0, 0.05) is 13.1 Å². The third kappa shape index (κ3) is 2.52. The van der Waals surface area contributed by atoms with E-state index in [4.69, 9.17) is 10.4 Å². The maximum Gasteiger partial charge on any atom is 0.0460 e. The van der Waals surface area contributed by atoms with Gasteiger partial charge in [-0.1, -0.05) is 17.7 Å². The number of aryl methyl sites for hydroxylation is 1. The average Bonchev–Trinajstić information content (AvgIpc) is 2.14. The van der Waals surface area contributed by atoms with Gasteiger partial charge >= 0.3 is 0 Å². The van der Waals surface area contributed by atoms with Gasteiger partial charge in [-0.05, 0) is 30.5 Å². The second kappa shape index (κ2) is 5.07. The molecular formula is C10H16N2O2. The second-order valence-electron chi connectivity index (χ2n) is 3.38. The van der Waals surface area contributed by atoms with Gasteiger partial charge in [0.05, 0.1) is 0 Å². The maximum atomic E-state index is 8.64. The lowest BCUT2D eigenvalue weighted by Crippen LogP contribution is -2.12. The Hall–Kier alpha value is -0.940. The Kier molecular flexibility index (Phi) is 4.03. The largest absolute Gasteiger partial charge is 0.316 e. The predicted octanol–water partition coefficient (Wildman–Crippen LogP) is 1.26. The van der Waals surface area contributed by atoms with Crippen molar-refractivity contribution in [1.29, 1.82) is 0 Å². The molecule has 0 aromatic heterocycles. The van der Waals surface area contributed by atoms with E-state index in [-0.39, 0.29) is 0 Å². The van der Waals surface area contributed by atoms with E-state index in [1.807, 2.05) is 26.0 Å². The van der Waals surface area contributed by atoms with Crippen LogP contribution in [0.4, 0.5) is 0 Å². The molecule has 4 N–H and O–H groups in total. The standard InChI is InChI=1S/C10H16N2O2/c1-7-3-9(5-11-13)8(2)10(4-7)6-12-14/h3-4,11-14H,5-6H2,1-2H3. The first kappa shape index (κ1) is 11.1. The van der Waals surface area contributed by atoms with Crippen molar-refractivity contribution in [3.8, 4) is 0 Å². The molecular weight excluding hydrogens is 180 g/mol. The summed E-state index contributed by atoms with van der Waals surface area (Å²) in [5.41, 5.74) is 8.55. The quantitative estimate of drug-likeness (QED) is 0.547. The third-order valence-corrected chi connectivity index (χ3v) is 2.31. The first-order valence-corrected chi connectivity index (χ1v) is 4.52. The smallest absolute Gasteiger partial charge is 0.0460 e. The fourth-order valence-corrected chi connectivity index (χ4v) is 1.55. The van der Waals surface area contributed by atoms with E-state index in [0.717, 1.165) is 22.3 Å². The Labute approximate surface area is 83.5 Å². The molecule has 0 spiro atoms. The lowest BCUT2D eigenvalue weighted by molar-refractivity contribution is 0.159. The van der Waals surface area contributed by atoms with Gasteiger partial charge in [0.1, 0.15) is 0 Å². The molecule has 0 fully saturated rings. The predicted molar refractivity (Wildman–Crippen MR) is 53.2 cm³/mol. The van der Waals surface area contributed by atoms with Gasteiger partial charge in [-0.2, -0.15) is 0 Å². The molecule has 0 saturated heterocycles. The summed E-state index contributed by atoms with van der Waals surface area (Å²) < 4.78 is 0. The maximum absolute atomic E-state index is 8.64. The van der Waals surface area contributed by atoms with Crippen LogP contribution < -0.4 is 11.0 Å². The number of nitrogens with one attached hydrogen (secondary N) is 2. The molecule has 4 nitrogen and oxygen atoms in total. The van der Waals surface area contributed by atoms with Crippen LogP contribution in [0, 0.1) is 13.8 Å². The molecule has 0 radical (unpaired) electrons. The molecule has 14 heavy (non-hydrogen) atoms. The third-order valence-electron chi connectivity index (χ3n) is 2.31. The highest BCUT2D eigenvalue weighted by Gasteiger charge is 2.04. The molecule has 0 aliphatic carbocycles. The van der Waals surface area contributed by atoms with Crippen LogP contribution in [0.2, 0.25) is 0 Å². The molecule has 0 heterocycles. The van der Waals surface area contributed by atoms with E-state index in [1.54, 1.807) is 0 Å². The summed E-state index contributed by atoms with van der Waals surface area (Å²) in [7, 11) is 0. The van der Waals surface area contributed by atoms with E-state index >= 15 is 0 Å². The number of hydrogen-bond acceptors (Lipinski definition) is 4. The summed E-state index contributed by atoms with van der Waals surface area (Å²) >= 11 is 0. The van der Waals surface area contributed by atoms with E-state index in [9.17, 15) is 0 Å². The van der Waals surface area contributed by atoms with Gasteiger partial charge in [0.2, 0.25) is 0 Å². The van der Waals surface area contributed by atoms with Gasteiger partial charge < -0.3 is 10.4 Å². The lowest BCUT2D eigenvalue weighted by atomic mass is 9.99. The summed E-state index contributed by atoms with van der Waals surface area (Å²) in [5.74, 6) is 0. The van der Waals surface area contributed by atoms with E-state index < -0.39 is 0 Å². The van der Waals surface area contributed by atoms with Crippen molar-refractivity contribution >= 4 is 0 Å². The average molecular weight is 196 g/mol. The highest BCUT2D eigenvalue weighted by molar-refractivity contribution is 5.37. The van der Waals surface area contributed by atoms with Gasteiger partial charge in [0.25, 0.3) is 0 Å². The molecule has 0 atom stereocenters. The first-order valence-electron chi connectivity index (χ1n) is 4.52. The second-order valence-corrected chi connectivity index (χ2v) is 3.38. The van der Waals surface area contributed by atoms with Gasteiger partial charge in [-0.3, -0.25) is 0 Å². The van der Waals surface area contributed by atoms with Crippen molar-refractivity contribution in [2.75, 3.05) is 0 Å². The van der Waals surface area contributed by atoms with Crippen molar-refractivity contribution in [2.24, 2.45) is 0 Å². The summed E-state index contributed by atoms with van der Waals surface area (Å²) in [6.45, 7) is 4.80. The van der Waals surface area contributed by atoms with Crippen LogP contribution in [0.5, 0.6) is 0 Å². The molecule has 0 bridgehead atoms. The van der Waals surface area contributed by atoms with Crippen molar-refractivity contribution in [1.82, 2.24) is 11.0 Å². The zero-order valence-corrected chi connectivity index (χ0v) is 8.46. The van der Waals surface area contributed by atoms with Crippen LogP contribution in [0.1, 0.15) is 22.3 Å². The Morgan fingerprint density at radius 3 is 1.79 bits per heavy atom. The van der Waals surface area contributed by atoms with Crippen LogP contribution in [-0.4, -0.2) is 10.4 Å². The van der Waals surface area contributed by atoms with Gasteiger partial charge in [-0.25, -0.2) is 11.0 Å². The minimum absolute atomic E-state index is 0.423. The van der Waals surface area contributed by atoms with Crippen LogP contribution in [-0.2, 0) is 13.1 Å². The molecule has 0 unspecified atom stereocenters. The number of hydrogen-bond donors (Lipinski definition) is 4. The zero-order chi connectivity index (χ0) is 10.6. The zero-order valence-electron chi connectivity index (χ0n) is 8.46. The highest BCUT2D eigenvalue weighted by Crippen LogP contribution is 2.16. The molecule has 0 aliphatic rings. The normalized spacial score (nSPS) is 10.6. The number of hydroxylamine groups is 2. The number of rotatable bonds is 4. The highest BCUT2D eigenvalue weighted by atomic mass is 16.5.